The molecule has 1 aromatic rings. The third-order valence-corrected chi connectivity index (χ3v) is 3.39. The fourth-order valence-corrected chi connectivity index (χ4v) is 1.49. The van der Waals surface area contributed by atoms with Crippen molar-refractivity contribution in [2.24, 2.45) is 5.92 Å². The summed E-state index contributed by atoms with van der Waals surface area (Å²) in [7, 11) is 0. The maximum absolute atomic E-state index is 11.7. The van der Waals surface area contributed by atoms with E-state index < -0.39 is 0 Å². The number of amides is 1. The summed E-state index contributed by atoms with van der Waals surface area (Å²) in [6, 6.07) is 7.84. The van der Waals surface area contributed by atoms with Crippen molar-refractivity contribution in [3.63, 3.8) is 0 Å². The maximum atomic E-state index is 11.7. The van der Waals surface area contributed by atoms with Gasteiger partial charge in [-0.1, -0.05) is 32.9 Å². The van der Waals surface area contributed by atoms with Gasteiger partial charge < -0.3 is 10.1 Å². The Morgan fingerprint density at radius 1 is 1.16 bits per heavy atom. The molecule has 0 heterocycles. The fraction of sp³-hybridized carbons (Fsp3) is 0.562. The van der Waals surface area contributed by atoms with Crippen molar-refractivity contribution in [1.29, 1.82) is 0 Å². The first-order chi connectivity index (χ1) is 9.06. The Bertz CT molecular complexity index is 386. The summed E-state index contributed by atoms with van der Waals surface area (Å²) < 4.78 is 5.67. The lowest BCUT2D eigenvalue weighted by Crippen LogP contribution is -2.19. The number of benzene rings is 1. The number of rotatable bonds is 7. The SMILES string of the molecule is CCC(C)OCc1ccc(NC(=O)C(C)CC)cc1. The van der Waals surface area contributed by atoms with Gasteiger partial charge in [-0.2, -0.15) is 0 Å². The Labute approximate surface area is 116 Å². The molecule has 2 unspecified atom stereocenters. The van der Waals surface area contributed by atoms with Crippen molar-refractivity contribution in [2.75, 3.05) is 5.32 Å². The van der Waals surface area contributed by atoms with Crippen LogP contribution in [0.3, 0.4) is 0 Å². The van der Waals surface area contributed by atoms with E-state index in [1.54, 1.807) is 0 Å². The molecular formula is C16H25NO2. The summed E-state index contributed by atoms with van der Waals surface area (Å²) in [6.45, 7) is 8.75. The van der Waals surface area contributed by atoms with Crippen molar-refractivity contribution in [3.05, 3.63) is 29.8 Å². The highest BCUT2D eigenvalue weighted by atomic mass is 16.5. The molecular weight excluding hydrogens is 238 g/mol. The predicted octanol–water partition coefficient (Wildman–Crippen LogP) is 3.99. The Kier molecular flexibility index (Phi) is 6.57. The minimum Gasteiger partial charge on any atom is -0.374 e. The summed E-state index contributed by atoms with van der Waals surface area (Å²) in [5.74, 6) is 0.125. The molecule has 0 spiro atoms. The van der Waals surface area contributed by atoms with E-state index in [0.29, 0.717) is 6.61 Å². The average molecular weight is 263 g/mol. The molecule has 1 aromatic carbocycles. The third kappa shape index (κ3) is 5.43. The number of anilines is 1. The highest BCUT2D eigenvalue weighted by molar-refractivity contribution is 5.92. The maximum Gasteiger partial charge on any atom is 0.227 e. The van der Waals surface area contributed by atoms with Gasteiger partial charge in [0.1, 0.15) is 0 Å². The largest absolute Gasteiger partial charge is 0.374 e. The minimum absolute atomic E-state index is 0.0495. The number of hydrogen-bond acceptors (Lipinski definition) is 2. The number of ether oxygens (including phenoxy) is 1. The van der Waals surface area contributed by atoms with Gasteiger partial charge in [0.15, 0.2) is 0 Å². The second kappa shape index (κ2) is 7.95. The zero-order valence-corrected chi connectivity index (χ0v) is 12.4. The van der Waals surface area contributed by atoms with Gasteiger partial charge >= 0.3 is 0 Å². The van der Waals surface area contributed by atoms with Crippen molar-refractivity contribution in [1.82, 2.24) is 0 Å². The van der Waals surface area contributed by atoms with Gasteiger partial charge in [0.25, 0.3) is 0 Å². The van der Waals surface area contributed by atoms with Crippen LogP contribution in [0.15, 0.2) is 24.3 Å². The number of carbonyl (C=O) groups excluding carboxylic acids is 1. The molecule has 1 N–H and O–H groups in total. The quantitative estimate of drug-likeness (QED) is 0.808. The number of carbonyl (C=O) groups is 1. The summed E-state index contributed by atoms with van der Waals surface area (Å²) in [5.41, 5.74) is 1.97. The van der Waals surface area contributed by atoms with E-state index in [2.05, 4.69) is 19.2 Å². The van der Waals surface area contributed by atoms with Gasteiger partial charge in [-0.15, -0.1) is 0 Å². The van der Waals surface area contributed by atoms with Crippen LogP contribution in [-0.2, 0) is 16.1 Å². The second-order valence-electron chi connectivity index (χ2n) is 5.03. The van der Waals surface area contributed by atoms with Gasteiger partial charge in [-0.25, -0.2) is 0 Å². The van der Waals surface area contributed by atoms with Crippen LogP contribution in [0.4, 0.5) is 5.69 Å². The van der Waals surface area contributed by atoms with E-state index in [4.69, 9.17) is 4.74 Å². The van der Waals surface area contributed by atoms with Crippen LogP contribution in [0.2, 0.25) is 0 Å². The van der Waals surface area contributed by atoms with E-state index in [1.165, 1.54) is 0 Å². The van der Waals surface area contributed by atoms with Crippen LogP contribution in [0.1, 0.15) is 46.1 Å². The highest BCUT2D eigenvalue weighted by Gasteiger charge is 2.10. The molecule has 0 aliphatic rings. The molecule has 0 fully saturated rings. The fourth-order valence-electron chi connectivity index (χ4n) is 1.49. The van der Waals surface area contributed by atoms with Crippen molar-refractivity contribution < 1.29 is 9.53 Å². The van der Waals surface area contributed by atoms with E-state index in [0.717, 1.165) is 24.1 Å². The molecule has 19 heavy (non-hydrogen) atoms. The monoisotopic (exact) mass is 263 g/mol. The molecule has 0 saturated heterocycles. The first-order valence-corrected chi connectivity index (χ1v) is 7.08. The van der Waals surface area contributed by atoms with Crippen LogP contribution in [0.25, 0.3) is 0 Å². The van der Waals surface area contributed by atoms with Gasteiger partial charge in [-0.05, 0) is 37.5 Å². The molecule has 0 radical (unpaired) electrons. The first kappa shape index (κ1) is 15.7. The van der Waals surface area contributed by atoms with Gasteiger partial charge in [0.05, 0.1) is 12.7 Å². The summed E-state index contributed by atoms with van der Waals surface area (Å²) in [5, 5.41) is 2.92. The molecule has 2 atom stereocenters. The van der Waals surface area contributed by atoms with Gasteiger partial charge in [0.2, 0.25) is 5.91 Å². The number of hydrogen-bond donors (Lipinski definition) is 1. The Morgan fingerprint density at radius 2 is 1.79 bits per heavy atom. The van der Waals surface area contributed by atoms with E-state index in [-0.39, 0.29) is 17.9 Å². The molecule has 0 aliphatic carbocycles. The molecule has 0 aliphatic heterocycles. The Balaban J connectivity index is 2.49. The highest BCUT2D eigenvalue weighted by Crippen LogP contribution is 2.13. The molecule has 3 nitrogen and oxygen atoms in total. The third-order valence-electron chi connectivity index (χ3n) is 3.39. The average Bonchev–Trinajstić information content (AvgIpc) is 2.45. The van der Waals surface area contributed by atoms with Crippen LogP contribution in [-0.4, -0.2) is 12.0 Å². The number of nitrogens with one attached hydrogen (secondary N) is 1. The zero-order chi connectivity index (χ0) is 14.3. The van der Waals surface area contributed by atoms with Crippen LogP contribution in [0.5, 0.6) is 0 Å². The molecule has 1 rings (SSSR count). The van der Waals surface area contributed by atoms with Gasteiger partial charge in [0, 0.05) is 11.6 Å². The summed E-state index contributed by atoms with van der Waals surface area (Å²) >= 11 is 0. The lowest BCUT2D eigenvalue weighted by Gasteiger charge is -2.12. The smallest absolute Gasteiger partial charge is 0.227 e. The van der Waals surface area contributed by atoms with Crippen LogP contribution < -0.4 is 5.32 Å². The summed E-state index contributed by atoms with van der Waals surface area (Å²) in [6.07, 6.45) is 2.15. The van der Waals surface area contributed by atoms with Crippen LogP contribution >= 0.6 is 0 Å². The molecule has 0 aromatic heterocycles. The Morgan fingerprint density at radius 3 is 2.32 bits per heavy atom. The van der Waals surface area contributed by atoms with E-state index >= 15 is 0 Å². The standard InChI is InChI=1S/C16H25NO2/c1-5-12(3)16(18)17-15-9-7-14(8-10-15)11-19-13(4)6-2/h7-10,12-13H,5-6,11H2,1-4H3,(H,17,18). The first-order valence-electron chi connectivity index (χ1n) is 7.08. The van der Waals surface area contributed by atoms with Crippen molar-refractivity contribution >= 4 is 11.6 Å². The lowest BCUT2D eigenvalue weighted by molar-refractivity contribution is -0.119. The van der Waals surface area contributed by atoms with E-state index in [9.17, 15) is 4.79 Å². The zero-order valence-electron chi connectivity index (χ0n) is 12.4. The topological polar surface area (TPSA) is 38.3 Å². The summed E-state index contributed by atoms with van der Waals surface area (Å²) in [4.78, 5) is 11.7. The normalized spacial score (nSPS) is 13.9. The molecule has 106 valence electrons. The molecule has 0 bridgehead atoms. The van der Waals surface area contributed by atoms with Crippen LogP contribution in [0, 0.1) is 5.92 Å². The van der Waals surface area contributed by atoms with Crippen molar-refractivity contribution in [3.8, 4) is 0 Å². The van der Waals surface area contributed by atoms with Crippen molar-refractivity contribution in [2.45, 2.75) is 53.2 Å². The lowest BCUT2D eigenvalue weighted by atomic mass is 10.1. The van der Waals surface area contributed by atoms with E-state index in [1.807, 2.05) is 38.1 Å². The second-order valence-corrected chi connectivity index (χ2v) is 5.03. The minimum atomic E-state index is 0.0495. The molecule has 1 amide bonds. The Hall–Kier alpha value is -1.35. The van der Waals surface area contributed by atoms with Gasteiger partial charge in [-0.3, -0.25) is 4.79 Å². The molecule has 0 saturated carbocycles. The predicted molar refractivity (Wildman–Crippen MR) is 79.1 cm³/mol. The molecule has 3 heteroatoms.